The van der Waals surface area contributed by atoms with E-state index in [4.69, 9.17) is 11.2 Å². The number of cyclic esters (lactones) is 1. The molecule has 1 fully saturated rings. The standard InChI is InChI=1S/C14H16N2O2.C6H4/c1-4-11-7-5-9-15-13(11)16-10-6-8-12(17)18-14(16,2)3;1-2-5-4-6(5)3-1/h1,5,7,9H,6,8,10H2,2-3H3;1-4H. The Morgan fingerprint density at radius 2 is 2.00 bits per heavy atom. The minimum Gasteiger partial charge on any atom is -0.439 e. The first-order chi connectivity index (χ1) is 11.5. The summed E-state index contributed by atoms with van der Waals surface area (Å²) in [6, 6.07) is 12.1. The van der Waals surface area contributed by atoms with Gasteiger partial charge in [0, 0.05) is 19.2 Å². The minimum atomic E-state index is -0.729. The maximum Gasteiger partial charge on any atom is 0.307 e. The summed E-state index contributed by atoms with van der Waals surface area (Å²) in [5.41, 5.74) is 2.83. The highest BCUT2D eigenvalue weighted by atomic mass is 16.6. The lowest BCUT2D eigenvalue weighted by Gasteiger charge is -2.37. The largest absolute Gasteiger partial charge is 0.439 e. The third kappa shape index (κ3) is 3.41. The summed E-state index contributed by atoms with van der Waals surface area (Å²) in [5, 5.41) is 0. The molecule has 122 valence electrons. The fraction of sp³-hybridized carbons (Fsp3) is 0.300. The lowest BCUT2D eigenvalue weighted by molar-refractivity contribution is -0.154. The van der Waals surface area contributed by atoms with Crippen molar-refractivity contribution in [2.45, 2.75) is 32.4 Å². The van der Waals surface area contributed by atoms with Crippen molar-refractivity contribution in [2.24, 2.45) is 0 Å². The fourth-order valence-corrected chi connectivity index (χ4v) is 2.80. The smallest absolute Gasteiger partial charge is 0.307 e. The molecular weight excluding hydrogens is 300 g/mol. The van der Waals surface area contributed by atoms with E-state index in [2.05, 4.69) is 35.2 Å². The van der Waals surface area contributed by atoms with Crippen LogP contribution in [0.2, 0.25) is 0 Å². The number of benzene rings is 1. The lowest BCUT2D eigenvalue weighted by Crippen LogP contribution is -2.47. The van der Waals surface area contributed by atoms with Crippen molar-refractivity contribution in [2.75, 3.05) is 11.4 Å². The number of terminal acetylenes is 1. The Hall–Kier alpha value is -2.80. The van der Waals surface area contributed by atoms with Gasteiger partial charge in [0.15, 0.2) is 5.72 Å². The first-order valence-electron chi connectivity index (χ1n) is 8.03. The Bertz CT molecular complexity index is 788. The summed E-state index contributed by atoms with van der Waals surface area (Å²) in [5.74, 6) is 3.13. The molecule has 0 saturated carbocycles. The van der Waals surface area contributed by atoms with E-state index in [-0.39, 0.29) is 5.97 Å². The Morgan fingerprint density at radius 3 is 2.58 bits per heavy atom. The van der Waals surface area contributed by atoms with Crippen molar-refractivity contribution < 1.29 is 9.53 Å². The second-order valence-corrected chi connectivity index (χ2v) is 6.28. The molecule has 4 rings (SSSR count). The molecule has 2 heterocycles. The number of anilines is 1. The van der Waals surface area contributed by atoms with Gasteiger partial charge in [0.1, 0.15) is 5.82 Å². The number of carbonyl (C=O) groups is 1. The SMILES string of the molecule is C#Cc1cccnc1N1CCCC(=O)OC1(C)C.c1cc2cc-2c1. The molecule has 0 bridgehead atoms. The summed E-state index contributed by atoms with van der Waals surface area (Å²) >= 11 is 0. The summed E-state index contributed by atoms with van der Waals surface area (Å²) in [7, 11) is 0. The first kappa shape index (κ1) is 16.1. The third-order valence-electron chi connectivity index (χ3n) is 4.09. The Balaban J connectivity index is 0.000000231. The van der Waals surface area contributed by atoms with Crippen LogP contribution >= 0.6 is 0 Å². The van der Waals surface area contributed by atoms with Gasteiger partial charge in [0.25, 0.3) is 0 Å². The van der Waals surface area contributed by atoms with Gasteiger partial charge in [0.05, 0.1) is 5.56 Å². The van der Waals surface area contributed by atoms with Crippen molar-refractivity contribution in [3.8, 4) is 23.5 Å². The molecule has 1 aromatic rings. The van der Waals surface area contributed by atoms with Crippen LogP contribution in [-0.2, 0) is 9.53 Å². The average molecular weight is 320 g/mol. The quantitative estimate of drug-likeness (QED) is 0.507. The van der Waals surface area contributed by atoms with Crippen LogP contribution in [0.4, 0.5) is 5.82 Å². The van der Waals surface area contributed by atoms with Crippen molar-refractivity contribution in [3.63, 3.8) is 0 Å². The van der Waals surface area contributed by atoms with Gasteiger partial charge in [-0.15, -0.1) is 6.42 Å². The van der Waals surface area contributed by atoms with Gasteiger partial charge >= 0.3 is 5.97 Å². The highest BCUT2D eigenvalue weighted by Crippen LogP contribution is 2.32. The van der Waals surface area contributed by atoms with Crippen LogP contribution in [0.5, 0.6) is 0 Å². The highest BCUT2D eigenvalue weighted by Gasteiger charge is 2.35. The molecule has 1 aliphatic heterocycles. The zero-order chi connectivity index (χ0) is 17.2. The summed E-state index contributed by atoms with van der Waals surface area (Å²) < 4.78 is 5.44. The van der Waals surface area contributed by atoms with E-state index in [1.54, 1.807) is 12.3 Å². The molecule has 0 N–H and O–H groups in total. The molecule has 0 aromatic carbocycles. The van der Waals surface area contributed by atoms with Crippen LogP contribution in [0, 0.1) is 12.3 Å². The van der Waals surface area contributed by atoms with Crippen LogP contribution in [0.15, 0.2) is 42.6 Å². The van der Waals surface area contributed by atoms with E-state index in [1.807, 2.05) is 24.8 Å². The third-order valence-corrected chi connectivity index (χ3v) is 4.09. The Kier molecular flexibility index (Phi) is 4.26. The molecule has 4 heteroatoms. The van der Waals surface area contributed by atoms with Gasteiger partial charge in [-0.2, -0.15) is 0 Å². The van der Waals surface area contributed by atoms with Crippen LogP contribution in [0.1, 0.15) is 32.3 Å². The normalized spacial score (nSPS) is 16.9. The number of hydrogen-bond acceptors (Lipinski definition) is 4. The maximum atomic E-state index is 11.5. The zero-order valence-corrected chi connectivity index (χ0v) is 14.0. The van der Waals surface area contributed by atoms with Crippen molar-refractivity contribution in [1.82, 2.24) is 4.98 Å². The number of nitrogens with zero attached hydrogens (tertiary/aromatic N) is 2. The number of rotatable bonds is 1. The predicted octanol–water partition coefficient (Wildman–Crippen LogP) is 3.61. The topological polar surface area (TPSA) is 42.4 Å². The summed E-state index contributed by atoms with van der Waals surface area (Å²) in [4.78, 5) is 17.8. The molecule has 24 heavy (non-hydrogen) atoms. The van der Waals surface area contributed by atoms with Gasteiger partial charge in [0.2, 0.25) is 0 Å². The Labute approximate surface area is 142 Å². The second-order valence-electron chi connectivity index (χ2n) is 6.28. The molecule has 1 saturated heterocycles. The molecule has 3 aliphatic rings. The molecule has 2 aliphatic carbocycles. The van der Waals surface area contributed by atoms with Gasteiger partial charge in [-0.25, -0.2) is 4.98 Å². The Morgan fingerprint density at radius 1 is 1.25 bits per heavy atom. The van der Waals surface area contributed by atoms with Gasteiger partial charge in [-0.3, -0.25) is 4.79 Å². The number of pyridine rings is 1. The van der Waals surface area contributed by atoms with Crippen molar-refractivity contribution in [3.05, 3.63) is 48.2 Å². The molecule has 4 nitrogen and oxygen atoms in total. The number of ether oxygens (including phenoxy) is 1. The van der Waals surface area contributed by atoms with Gasteiger partial charge in [-0.05, 0) is 49.6 Å². The van der Waals surface area contributed by atoms with Crippen molar-refractivity contribution >= 4 is 11.8 Å². The average Bonchev–Trinajstić information content (AvgIpc) is 3.20. The lowest BCUT2D eigenvalue weighted by atomic mass is 10.2. The van der Waals surface area contributed by atoms with Gasteiger partial charge < -0.3 is 9.64 Å². The summed E-state index contributed by atoms with van der Waals surface area (Å²) in [6.07, 6.45) is 8.35. The number of hydrogen-bond donors (Lipinski definition) is 0. The molecule has 1 aromatic heterocycles. The fourth-order valence-electron chi connectivity index (χ4n) is 2.80. The predicted molar refractivity (Wildman–Crippen MR) is 94.4 cm³/mol. The highest BCUT2D eigenvalue weighted by molar-refractivity contribution is 5.80. The molecular formula is C20H20N2O2. The van der Waals surface area contributed by atoms with E-state index in [9.17, 15) is 4.79 Å². The van der Waals surface area contributed by atoms with E-state index in [1.165, 1.54) is 11.1 Å². The minimum absolute atomic E-state index is 0.180. The molecule has 0 unspecified atom stereocenters. The maximum absolute atomic E-state index is 11.5. The van der Waals surface area contributed by atoms with E-state index >= 15 is 0 Å². The second kappa shape index (κ2) is 6.37. The van der Waals surface area contributed by atoms with Crippen LogP contribution in [-0.4, -0.2) is 23.2 Å². The zero-order valence-electron chi connectivity index (χ0n) is 14.0. The number of fused-ring (bicyclic) bond motifs is 1. The number of esters is 1. The van der Waals surface area contributed by atoms with E-state index < -0.39 is 5.72 Å². The van der Waals surface area contributed by atoms with Crippen LogP contribution in [0.3, 0.4) is 0 Å². The molecule has 0 atom stereocenters. The molecule has 0 radical (unpaired) electrons. The number of carbonyl (C=O) groups excluding carboxylic acids is 1. The van der Waals surface area contributed by atoms with E-state index in [0.29, 0.717) is 24.3 Å². The summed E-state index contributed by atoms with van der Waals surface area (Å²) in [6.45, 7) is 4.40. The van der Waals surface area contributed by atoms with Crippen LogP contribution < -0.4 is 4.90 Å². The van der Waals surface area contributed by atoms with E-state index in [0.717, 1.165) is 6.42 Å². The first-order valence-corrected chi connectivity index (χ1v) is 8.03. The molecule has 0 spiro atoms. The monoisotopic (exact) mass is 320 g/mol. The van der Waals surface area contributed by atoms with Gasteiger partial charge in [-0.1, -0.05) is 24.1 Å². The number of aromatic nitrogens is 1. The van der Waals surface area contributed by atoms with Crippen molar-refractivity contribution in [1.29, 1.82) is 0 Å². The van der Waals surface area contributed by atoms with Crippen LogP contribution in [0.25, 0.3) is 11.1 Å². The molecule has 0 amide bonds.